The molecule has 7 aliphatic rings. The number of ether oxygens (including phenoxy) is 6. The van der Waals surface area contributed by atoms with E-state index < -0.39 is 122 Å². The van der Waals surface area contributed by atoms with Crippen LogP contribution in [0.5, 0.6) is 0 Å². The summed E-state index contributed by atoms with van der Waals surface area (Å²) in [5, 5.41) is 85.0. The molecule has 3 heterocycles. The van der Waals surface area contributed by atoms with Gasteiger partial charge in [-0.1, -0.05) is 65.5 Å². The first-order valence-corrected chi connectivity index (χ1v) is 24.6. The minimum atomic E-state index is -5.29. The van der Waals surface area contributed by atoms with Crippen LogP contribution < -0.4 is 29.6 Å². The fourth-order valence-corrected chi connectivity index (χ4v) is 13.2. The van der Waals surface area contributed by atoms with Gasteiger partial charge in [0.25, 0.3) is 0 Å². The fourth-order valence-electron chi connectivity index (χ4n) is 12.9. The van der Waals surface area contributed by atoms with Gasteiger partial charge in [-0.2, -0.15) is 0 Å². The van der Waals surface area contributed by atoms with Crippen LogP contribution in [0.3, 0.4) is 0 Å². The Balaban J connectivity index is 0.00000680. The molecule has 18 nitrogen and oxygen atoms in total. The number of hydrogen-bond donors (Lipinski definition) is 8. The van der Waals surface area contributed by atoms with E-state index >= 15 is 0 Å². The molecular weight excluding hydrogens is 872 g/mol. The third-order valence-corrected chi connectivity index (χ3v) is 16.9. The maximum atomic E-state index is 11.7. The van der Waals surface area contributed by atoms with Crippen molar-refractivity contribution < 1.29 is 116 Å². The van der Waals surface area contributed by atoms with Crippen LogP contribution in [-0.2, 0) is 43.0 Å². The van der Waals surface area contributed by atoms with Gasteiger partial charge in [-0.05, 0) is 97.7 Å². The van der Waals surface area contributed by atoms with Crippen molar-refractivity contribution in [2.75, 3.05) is 19.8 Å². The van der Waals surface area contributed by atoms with Gasteiger partial charge in [0.15, 0.2) is 18.9 Å². The number of rotatable bonds is 15. The zero-order valence-corrected chi connectivity index (χ0v) is 41.0. The van der Waals surface area contributed by atoms with Crippen molar-refractivity contribution in [3.8, 4) is 0 Å². The molecule has 0 spiro atoms. The number of aliphatic hydroxyl groups excluding tert-OH is 8. The molecule has 8 N–H and O–H groups in total. The van der Waals surface area contributed by atoms with Crippen molar-refractivity contribution in [3.05, 3.63) is 11.6 Å². The Morgan fingerprint density at radius 1 is 0.781 bits per heavy atom. The molecule has 3 saturated heterocycles. The quantitative estimate of drug-likeness (QED) is 0.0381. The number of hydrogen-bond acceptors (Lipinski definition) is 18. The van der Waals surface area contributed by atoms with Crippen molar-refractivity contribution in [1.82, 2.24) is 0 Å². The minimum Gasteiger partial charge on any atom is -0.726 e. The number of fused-ring (bicyclic) bond motifs is 5. The van der Waals surface area contributed by atoms with Crippen molar-refractivity contribution in [1.29, 1.82) is 0 Å². The van der Waals surface area contributed by atoms with Gasteiger partial charge in [-0.3, -0.25) is 4.18 Å². The summed E-state index contributed by atoms with van der Waals surface area (Å²) in [6.07, 6.45) is -10.7. The van der Waals surface area contributed by atoms with Crippen molar-refractivity contribution in [2.45, 2.75) is 197 Å². The van der Waals surface area contributed by atoms with Gasteiger partial charge in [0.1, 0.15) is 67.1 Å². The summed E-state index contributed by atoms with van der Waals surface area (Å²) in [4.78, 5) is 0. The molecule has 7 rings (SSSR count). The molecular formula is C44H73NaO18S. The molecule has 20 heteroatoms. The maximum absolute atomic E-state index is 11.7. The molecule has 3 aliphatic heterocycles. The average molecular weight is 945 g/mol. The topological polar surface area (TPSA) is 284 Å². The van der Waals surface area contributed by atoms with Gasteiger partial charge in [0.05, 0.1) is 25.9 Å². The van der Waals surface area contributed by atoms with E-state index in [1.165, 1.54) is 44.1 Å². The summed E-state index contributed by atoms with van der Waals surface area (Å²) in [7, 11) is -5.29. The first-order valence-electron chi connectivity index (χ1n) is 23.2. The number of allylic oxidation sites excluding steroid dienone is 1. The van der Waals surface area contributed by atoms with Crippen LogP contribution in [0.1, 0.15) is 105 Å². The molecule has 0 bridgehead atoms. The summed E-state index contributed by atoms with van der Waals surface area (Å²) in [6.45, 7) is 9.73. The molecule has 0 radical (unpaired) electrons. The normalized spacial score (nSPS) is 47.8. The van der Waals surface area contributed by atoms with Crippen molar-refractivity contribution in [3.63, 3.8) is 0 Å². The molecule has 0 unspecified atom stereocenters. The molecule has 0 aromatic carbocycles. The molecule has 0 aromatic heterocycles. The zero-order valence-electron chi connectivity index (χ0n) is 38.2. The summed E-state index contributed by atoms with van der Waals surface area (Å²) in [5.41, 5.74) is 1.50. The van der Waals surface area contributed by atoms with Gasteiger partial charge in [0.2, 0.25) is 10.4 Å². The van der Waals surface area contributed by atoms with E-state index in [1.807, 2.05) is 0 Å². The van der Waals surface area contributed by atoms with E-state index in [0.717, 1.165) is 31.1 Å². The van der Waals surface area contributed by atoms with E-state index in [9.17, 15) is 53.8 Å². The molecule has 0 aromatic rings. The van der Waals surface area contributed by atoms with E-state index in [4.69, 9.17) is 28.4 Å². The number of aliphatic hydroxyl groups is 8. The third-order valence-electron chi connectivity index (χ3n) is 16.5. The molecule has 64 heavy (non-hydrogen) atoms. The van der Waals surface area contributed by atoms with Crippen LogP contribution in [0, 0.1) is 46.3 Å². The molecule has 3 saturated carbocycles. The molecule has 6 fully saturated rings. The summed E-state index contributed by atoms with van der Waals surface area (Å²) < 4.78 is 75.4. The maximum Gasteiger partial charge on any atom is 1.00 e. The molecule has 4 aliphatic carbocycles. The third kappa shape index (κ3) is 11.0. The Morgan fingerprint density at radius 3 is 2.16 bits per heavy atom. The zero-order chi connectivity index (χ0) is 45.8. The fraction of sp³-hybridized carbons (Fsp3) is 0.955. The first-order chi connectivity index (χ1) is 29.7. The van der Waals surface area contributed by atoms with E-state index in [2.05, 4.69) is 44.9 Å². The standard InChI is InChI=1S/C44H74O18S.Na/c1-21(2)7-6-8-22(3)26-11-12-27-25-10-9-23-17-24(13-15-43(23,4)28(25)14-16-44(26,27)5)58-42-39(62-41-37(52)35(50)33(48)30(18-45)59-41)38(34(49)31(60-42)20-57-63(53,54)55)61-40-36(51)32(47)29(46)19-56-40;/h9,21-22,24-42,45-52H,6-8,10-20H2,1-5H3,(H,53,54,55);/q;+1/p-1/t22-,24+,25+,26-,27+,28+,29-,30-,31-,32+,33+,34-,35+,36-,37-,38+,39-,40+,41+,42-,43+,44-;/m1./s1. The van der Waals surface area contributed by atoms with Crippen molar-refractivity contribution in [2.24, 2.45) is 46.3 Å². The smallest absolute Gasteiger partial charge is 0.726 e. The Morgan fingerprint density at radius 2 is 1.47 bits per heavy atom. The summed E-state index contributed by atoms with van der Waals surface area (Å²) in [6, 6.07) is 0. The summed E-state index contributed by atoms with van der Waals surface area (Å²) >= 11 is 0. The average Bonchev–Trinajstić information content (AvgIpc) is 3.59. The second-order valence-corrected chi connectivity index (χ2v) is 21.7. The molecule has 22 atom stereocenters. The van der Waals surface area contributed by atoms with E-state index in [0.29, 0.717) is 41.9 Å². The van der Waals surface area contributed by atoms with Gasteiger partial charge >= 0.3 is 29.6 Å². The predicted octanol–water partition coefficient (Wildman–Crippen LogP) is -2.01. The monoisotopic (exact) mass is 944 g/mol. The van der Waals surface area contributed by atoms with Crippen LogP contribution in [0.2, 0.25) is 0 Å². The van der Waals surface area contributed by atoms with Crippen LogP contribution in [0.25, 0.3) is 0 Å². The van der Waals surface area contributed by atoms with Gasteiger partial charge in [0, 0.05) is 0 Å². The first kappa shape index (κ1) is 53.4. The van der Waals surface area contributed by atoms with Gasteiger partial charge < -0.3 is 73.8 Å². The Hall–Kier alpha value is 0.0500. The van der Waals surface area contributed by atoms with E-state index in [-0.39, 0.29) is 35.0 Å². The van der Waals surface area contributed by atoms with Crippen LogP contribution >= 0.6 is 0 Å². The second-order valence-electron chi connectivity index (χ2n) is 20.7. The van der Waals surface area contributed by atoms with E-state index in [1.54, 1.807) is 0 Å². The Labute approximate surface area is 399 Å². The van der Waals surface area contributed by atoms with Crippen LogP contribution in [-0.4, -0.2) is 166 Å². The van der Waals surface area contributed by atoms with Gasteiger partial charge in [-0.15, -0.1) is 0 Å². The van der Waals surface area contributed by atoms with Crippen LogP contribution in [0.15, 0.2) is 11.6 Å². The molecule has 364 valence electrons. The van der Waals surface area contributed by atoms with Gasteiger partial charge in [-0.25, -0.2) is 8.42 Å². The van der Waals surface area contributed by atoms with Crippen LogP contribution in [0.4, 0.5) is 0 Å². The Bertz CT molecular complexity index is 1670. The minimum absolute atomic E-state index is 0. The predicted molar refractivity (Wildman–Crippen MR) is 220 cm³/mol. The van der Waals surface area contributed by atoms with Crippen molar-refractivity contribution >= 4 is 10.4 Å². The Kier molecular flexibility index (Phi) is 18.0. The molecule has 0 amide bonds. The second kappa shape index (κ2) is 21.6. The largest absolute Gasteiger partial charge is 1.00 e. The summed E-state index contributed by atoms with van der Waals surface area (Å²) in [5.74, 6) is 3.88. The SMILES string of the molecule is CC(C)CCC[C@@H](C)[C@H]1CC[C@H]2[C@@H]3CC=C4C[C@@H](O[C@@H]5O[C@H](COS(=O)(=O)[O-])[C@@H](O)[C@H](O[C@@H]6OC[C@@H](O)[C@H](O)[C@H]6O)[C@H]5O[C@@H]5O[C@H](CO)[C@H](O)[C@H](O)[C@H]5O)CC[C@]4(C)[C@H]3CC[C@]12C.[Na+].